The standard InChI is InChI=1S/C17H23ClN2O3/c1-13(21)20(15-4-2-3-5-15)11-10-19-17(22)12-23-16-8-6-14(18)7-9-16/h6-9,15H,2-5,10-12H2,1H3,(H,19,22). The summed E-state index contributed by atoms with van der Waals surface area (Å²) < 4.78 is 5.38. The molecule has 23 heavy (non-hydrogen) atoms. The number of nitrogens with one attached hydrogen (secondary N) is 1. The van der Waals surface area contributed by atoms with Crippen molar-refractivity contribution in [2.24, 2.45) is 0 Å². The molecule has 1 saturated carbocycles. The number of nitrogens with zero attached hydrogens (tertiary/aromatic N) is 1. The van der Waals surface area contributed by atoms with Gasteiger partial charge in [0.1, 0.15) is 5.75 Å². The molecule has 6 heteroatoms. The van der Waals surface area contributed by atoms with Crippen LogP contribution < -0.4 is 10.1 Å². The number of ether oxygens (including phenoxy) is 1. The molecule has 1 N–H and O–H groups in total. The maximum absolute atomic E-state index is 11.8. The Hall–Kier alpha value is -1.75. The van der Waals surface area contributed by atoms with E-state index in [9.17, 15) is 9.59 Å². The quantitative estimate of drug-likeness (QED) is 0.831. The second-order valence-corrected chi connectivity index (χ2v) is 6.18. The molecule has 0 unspecified atom stereocenters. The van der Waals surface area contributed by atoms with Gasteiger partial charge in [0, 0.05) is 31.1 Å². The Balaban J connectivity index is 1.68. The first-order valence-corrected chi connectivity index (χ1v) is 8.36. The minimum atomic E-state index is -0.199. The number of benzene rings is 1. The minimum absolute atomic E-state index is 0.0505. The minimum Gasteiger partial charge on any atom is -0.484 e. The van der Waals surface area contributed by atoms with E-state index in [1.807, 2.05) is 4.90 Å². The van der Waals surface area contributed by atoms with Crippen molar-refractivity contribution in [2.75, 3.05) is 19.7 Å². The molecular weight excluding hydrogens is 316 g/mol. The van der Waals surface area contributed by atoms with Crippen LogP contribution in [0, 0.1) is 0 Å². The van der Waals surface area contributed by atoms with Crippen LogP contribution in [-0.2, 0) is 9.59 Å². The van der Waals surface area contributed by atoms with Crippen molar-refractivity contribution < 1.29 is 14.3 Å². The SMILES string of the molecule is CC(=O)N(CCNC(=O)COc1ccc(Cl)cc1)C1CCCC1. The van der Waals surface area contributed by atoms with Gasteiger partial charge in [0.15, 0.2) is 6.61 Å². The molecule has 0 spiro atoms. The van der Waals surface area contributed by atoms with Gasteiger partial charge in [0.25, 0.3) is 5.91 Å². The highest BCUT2D eigenvalue weighted by Gasteiger charge is 2.24. The van der Waals surface area contributed by atoms with Crippen molar-refractivity contribution in [2.45, 2.75) is 38.6 Å². The van der Waals surface area contributed by atoms with Crippen LogP contribution in [0.3, 0.4) is 0 Å². The van der Waals surface area contributed by atoms with Gasteiger partial charge in [-0.1, -0.05) is 24.4 Å². The first kappa shape index (κ1) is 17.6. The highest BCUT2D eigenvalue weighted by Crippen LogP contribution is 2.23. The molecule has 1 fully saturated rings. The van der Waals surface area contributed by atoms with Crippen LogP contribution in [0.1, 0.15) is 32.6 Å². The molecule has 0 radical (unpaired) electrons. The molecule has 1 aromatic carbocycles. The van der Waals surface area contributed by atoms with Gasteiger partial charge >= 0.3 is 0 Å². The Morgan fingerprint density at radius 3 is 2.52 bits per heavy atom. The summed E-state index contributed by atoms with van der Waals surface area (Å²) in [4.78, 5) is 25.4. The fraction of sp³-hybridized carbons (Fsp3) is 0.529. The zero-order valence-corrected chi connectivity index (χ0v) is 14.1. The van der Waals surface area contributed by atoms with Gasteiger partial charge in [-0.05, 0) is 37.1 Å². The van der Waals surface area contributed by atoms with E-state index in [1.54, 1.807) is 31.2 Å². The number of hydrogen-bond donors (Lipinski definition) is 1. The number of carbonyl (C=O) groups excluding carboxylic acids is 2. The molecule has 126 valence electrons. The van der Waals surface area contributed by atoms with Gasteiger partial charge in [0.05, 0.1) is 0 Å². The summed E-state index contributed by atoms with van der Waals surface area (Å²) in [5.41, 5.74) is 0. The Kier molecular flexibility index (Phi) is 6.71. The normalized spacial score (nSPS) is 14.5. The summed E-state index contributed by atoms with van der Waals surface area (Å²) >= 11 is 5.78. The van der Waals surface area contributed by atoms with Crippen molar-refractivity contribution in [3.63, 3.8) is 0 Å². The summed E-state index contributed by atoms with van der Waals surface area (Å²) in [6, 6.07) is 7.18. The van der Waals surface area contributed by atoms with Crippen LogP contribution in [0.5, 0.6) is 5.75 Å². The van der Waals surface area contributed by atoms with Crippen molar-refractivity contribution in [3.8, 4) is 5.75 Å². The largest absolute Gasteiger partial charge is 0.484 e. The number of rotatable bonds is 7. The van der Waals surface area contributed by atoms with E-state index in [2.05, 4.69) is 5.32 Å². The number of hydrogen-bond acceptors (Lipinski definition) is 3. The molecular formula is C17H23ClN2O3. The highest BCUT2D eigenvalue weighted by molar-refractivity contribution is 6.30. The third-order valence-electron chi connectivity index (χ3n) is 4.03. The molecule has 1 aromatic rings. The van der Waals surface area contributed by atoms with Gasteiger partial charge in [0.2, 0.25) is 5.91 Å². The fourth-order valence-corrected chi connectivity index (χ4v) is 2.99. The van der Waals surface area contributed by atoms with E-state index in [1.165, 1.54) is 12.8 Å². The van der Waals surface area contributed by atoms with E-state index in [0.29, 0.717) is 29.9 Å². The fourth-order valence-electron chi connectivity index (χ4n) is 2.86. The maximum atomic E-state index is 11.8. The Morgan fingerprint density at radius 2 is 1.91 bits per heavy atom. The highest BCUT2D eigenvalue weighted by atomic mass is 35.5. The van der Waals surface area contributed by atoms with Crippen LogP contribution in [0.2, 0.25) is 5.02 Å². The number of halogens is 1. The summed E-state index contributed by atoms with van der Waals surface area (Å²) in [6.07, 6.45) is 4.48. The van der Waals surface area contributed by atoms with Crippen LogP contribution in [0.15, 0.2) is 24.3 Å². The molecule has 0 bridgehead atoms. The summed E-state index contributed by atoms with van der Waals surface area (Å²) in [5.74, 6) is 0.472. The summed E-state index contributed by atoms with van der Waals surface area (Å²) in [5, 5.41) is 3.41. The van der Waals surface area contributed by atoms with Crippen molar-refractivity contribution in [1.29, 1.82) is 0 Å². The smallest absolute Gasteiger partial charge is 0.258 e. The first-order valence-electron chi connectivity index (χ1n) is 7.98. The monoisotopic (exact) mass is 338 g/mol. The molecule has 1 aliphatic carbocycles. The van der Waals surface area contributed by atoms with Gasteiger partial charge in [-0.15, -0.1) is 0 Å². The average molecular weight is 339 g/mol. The third kappa shape index (κ3) is 5.75. The lowest BCUT2D eigenvalue weighted by molar-refractivity contribution is -0.131. The average Bonchev–Trinajstić information content (AvgIpc) is 3.04. The molecule has 2 rings (SSSR count). The van der Waals surface area contributed by atoms with E-state index in [0.717, 1.165) is 12.8 Å². The molecule has 0 saturated heterocycles. The molecule has 0 aliphatic heterocycles. The lowest BCUT2D eigenvalue weighted by atomic mass is 10.2. The van der Waals surface area contributed by atoms with Crippen molar-refractivity contribution in [3.05, 3.63) is 29.3 Å². The summed E-state index contributed by atoms with van der Waals surface area (Å²) in [6.45, 7) is 2.53. The van der Waals surface area contributed by atoms with Crippen LogP contribution in [-0.4, -0.2) is 42.5 Å². The van der Waals surface area contributed by atoms with Gasteiger partial charge in [-0.3, -0.25) is 9.59 Å². The Bertz CT molecular complexity index is 527. The first-order chi connectivity index (χ1) is 11.1. The lowest BCUT2D eigenvalue weighted by Gasteiger charge is -2.27. The van der Waals surface area contributed by atoms with E-state index in [-0.39, 0.29) is 18.4 Å². The van der Waals surface area contributed by atoms with E-state index in [4.69, 9.17) is 16.3 Å². The third-order valence-corrected chi connectivity index (χ3v) is 4.28. The van der Waals surface area contributed by atoms with Crippen LogP contribution in [0.4, 0.5) is 0 Å². The predicted octanol–water partition coefficient (Wildman–Crippen LogP) is 2.63. The molecule has 0 atom stereocenters. The zero-order valence-electron chi connectivity index (χ0n) is 13.4. The van der Waals surface area contributed by atoms with Crippen molar-refractivity contribution in [1.82, 2.24) is 10.2 Å². The second-order valence-electron chi connectivity index (χ2n) is 5.74. The molecule has 5 nitrogen and oxygen atoms in total. The van der Waals surface area contributed by atoms with E-state index < -0.39 is 0 Å². The molecule has 2 amide bonds. The van der Waals surface area contributed by atoms with Crippen LogP contribution in [0.25, 0.3) is 0 Å². The topological polar surface area (TPSA) is 58.6 Å². The Morgan fingerprint density at radius 1 is 1.26 bits per heavy atom. The number of amides is 2. The second kappa shape index (κ2) is 8.77. The lowest BCUT2D eigenvalue weighted by Crippen LogP contribution is -2.43. The zero-order chi connectivity index (χ0) is 16.7. The van der Waals surface area contributed by atoms with Crippen molar-refractivity contribution >= 4 is 23.4 Å². The molecule has 0 aromatic heterocycles. The summed E-state index contributed by atoms with van der Waals surface area (Å²) in [7, 11) is 0. The van der Waals surface area contributed by atoms with Gasteiger partial charge in [-0.25, -0.2) is 0 Å². The van der Waals surface area contributed by atoms with E-state index >= 15 is 0 Å². The number of carbonyl (C=O) groups is 2. The van der Waals surface area contributed by atoms with Gasteiger partial charge in [-0.2, -0.15) is 0 Å². The van der Waals surface area contributed by atoms with Gasteiger partial charge < -0.3 is 15.0 Å². The predicted molar refractivity (Wildman–Crippen MR) is 89.6 cm³/mol. The maximum Gasteiger partial charge on any atom is 0.258 e. The molecule has 0 heterocycles. The Labute approximate surface area is 141 Å². The van der Waals surface area contributed by atoms with Crippen LogP contribution >= 0.6 is 11.6 Å². The molecule has 1 aliphatic rings.